The van der Waals surface area contributed by atoms with Crippen LogP contribution in [0.2, 0.25) is 0 Å². The van der Waals surface area contributed by atoms with Crippen molar-refractivity contribution >= 4 is 6.03 Å². The van der Waals surface area contributed by atoms with E-state index in [1.54, 1.807) is 6.92 Å². The van der Waals surface area contributed by atoms with Gasteiger partial charge in [-0.25, -0.2) is 4.79 Å². The molecule has 7 heteroatoms. The van der Waals surface area contributed by atoms with Crippen LogP contribution in [0, 0.1) is 6.92 Å². The largest absolute Gasteiger partial charge is 0.337 e. The van der Waals surface area contributed by atoms with Crippen LogP contribution in [0.15, 0.2) is 4.52 Å². The molecular formula is C15H27N5O2. The number of urea groups is 1. The maximum absolute atomic E-state index is 12.1. The number of hydrogen-bond acceptors (Lipinski definition) is 5. The lowest BCUT2D eigenvalue weighted by Gasteiger charge is -2.43. The third-order valence-electron chi connectivity index (χ3n) is 4.57. The molecular weight excluding hydrogens is 282 g/mol. The van der Waals surface area contributed by atoms with Crippen LogP contribution in [0.1, 0.15) is 56.8 Å². The molecule has 1 saturated carbocycles. The number of amides is 2. The number of hydrogen-bond donors (Lipinski definition) is 2. The van der Waals surface area contributed by atoms with Crippen molar-refractivity contribution in [1.82, 2.24) is 25.7 Å². The summed E-state index contributed by atoms with van der Waals surface area (Å²) in [7, 11) is 4.18. The van der Waals surface area contributed by atoms with Crippen LogP contribution in [0.25, 0.3) is 0 Å². The lowest BCUT2D eigenvalue weighted by molar-refractivity contribution is 0.100. The second-order valence-corrected chi connectivity index (χ2v) is 6.41. The summed E-state index contributed by atoms with van der Waals surface area (Å²) < 4.78 is 5.07. The monoisotopic (exact) mass is 309 g/mol. The van der Waals surface area contributed by atoms with Crippen molar-refractivity contribution in [3.8, 4) is 0 Å². The van der Waals surface area contributed by atoms with Crippen LogP contribution in [-0.4, -0.2) is 47.3 Å². The molecule has 1 aromatic heterocycles. The topological polar surface area (TPSA) is 83.3 Å². The fourth-order valence-corrected chi connectivity index (χ4v) is 3.04. The number of likely N-dealkylation sites (N-methyl/N-ethyl adjacent to an activating group) is 1. The molecule has 7 nitrogen and oxygen atoms in total. The Kier molecular flexibility index (Phi) is 5.39. The molecule has 0 aromatic carbocycles. The van der Waals surface area contributed by atoms with Gasteiger partial charge in [-0.3, -0.25) is 0 Å². The minimum Gasteiger partial charge on any atom is -0.337 e. The highest BCUT2D eigenvalue weighted by Crippen LogP contribution is 2.31. The van der Waals surface area contributed by atoms with E-state index in [1.807, 2.05) is 6.92 Å². The molecule has 0 unspecified atom stereocenters. The molecule has 1 aliphatic carbocycles. The van der Waals surface area contributed by atoms with Crippen LogP contribution in [-0.2, 0) is 0 Å². The Labute approximate surface area is 131 Å². The van der Waals surface area contributed by atoms with Crippen LogP contribution in [0.4, 0.5) is 4.79 Å². The van der Waals surface area contributed by atoms with Crippen LogP contribution < -0.4 is 10.6 Å². The van der Waals surface area contributed by atoms with Crippen LogP contribution in [0.3, 0.4) is 0 Å². The Morgan fingerprint density at radius 2 is 2.05 bits per heavy atom. The highest BCUT2D eigenvalue weighted by atomic mass is 16.5. The Balaban J connectivity index is 1.86. The fraction of sp³-hybridized carbons (Fsp3) is 0.800. The van der Waals surface area contributed by atoms with E-state index >= 15 is 0 Å². The van der Waals surface area contributed by atoms with Gasteiger partial charge in [0, 0.05) is 12.1 Å². The first-order valence-corrected chi connectivity index (χ1v) is 7.95. The molecule has 1 aliphatic rings. The summed E-state index contributed by atoms with van der Waals surface area (Å²) in [6, 6.07) is -0.502. The first-order chi connectivity index (χ1) is 10.4. The molecule has 0 saturated heterocycles. The minimum absolute atomic E-state index is 0.0693. The summed E-state index contributed by atoms with van der Waals surface area (Å²) in [4.78, 5) is 18.5. The molecule has 2 rings (SSSR count). The van der Waals surface area contributed by atoms with E-state index in [1.165, 1.54) is 19.3 Å². The second-order valence-electron chi connectivity index (χ2n) is 6.41. The fourth-order valence-electron chi connectivity index (χ4n) is 3.04. The smallest absolute Gasteiger partial charge is 0.315 e. The molecule has 1 aromatic rings. The van der Waals surface area contributed by atoms with E-state index in [0.717, 1.165) is 12.8 Å². The molecule has 2 N–H and O–H groups in total. The van der Waals surface area contributed by atoms with Gasteiger partial charge in [-0.05, 0) is 40.8 Å². The van der Waals surface area contributed by atoms with Gasteiger partial charge in [0.05, 0.1) is 0 Å². The third kappa shape index (κ3) is 3.97. The van der Waals surface area contributed by atoms with E-state index in [2.05, 4.69) is 39.8 Å². The molecule has 0 bridgehead atoms. The predicted molar refractivity (Wildman–Crippen MR) is 83.5 cm³/mol. The average Bonchev–Trinajstić information content (AvgIpc) is 2.93. The molecule has 0 spiro atoms. The van der Waals surface area contributed by atoms with Gasteiger partial charge in [0.1, 0.15) is 6.04 Å². The molecule has 1 atom stereocenters. The van der Waals surface area contributed by atoms with E-state index in [9.17, 15) is 4.79 Å². The zero-order chi connectivity index (χ0) is 16.2. The number of aryl methyl sites for hydroxylation is 1. The number of rotatable bonds is 5. The first-order valence-electron chi connectivity index (χ1n) is 7.95. The Bertz CT molecular complexity index is 494. The standard InChI is InChI=1S/C15H27N5O2/c1-11(13-18-12(2)19-22-13)17-14(21)16-10-15(20(3)4)8-6-5-7-9-15/h11H,5-10H2,1-4H3,(H2,16,17,21)/t11-/m1/s1. The Morgan fingerprint density at radius 1 is 1.36 bits per heavy atom. The predicted octanol–water partition coefficient (Wildman–Crippen LogP) is 2.00. The SMILES string of the molecule is Cc1noc([C@@H](C)NC(=O)NCC2(N(C)C)CCCCC2)n1. The minimum atomic E-state index is -0.303. The normalized spacial score (nSPS) is 19.0. The van der Waals surface area contributed by atoms with Crippen molar-refractivity contribution in [2.24, 2.45) is 0 Å². The molecule has 0 aliphatic heterocycles. The maximum Gasteiger partial charge on any atom is 0.315 e. The Hall–Kier alpha value is -1.63. The van der Waals surface area contributed by atoms with Gasteiger partial charge in [-0.15, -0.1) is 0 Å². The van der Waals surface area contributed by atoms with Gasteiger partial charge in [-0.1, -0.05) is 24.4 Å². The number of nitrogens with one attached hydrogen (secondary N) is 2. The van der Waals surface area contributed by atoms with Gasteiger partial charge in [-0.2, -0.15) is 4.98 Å². The molecule has 2 amide bonds. The molecule has 1 fully saturated rings. The maximum atomic E-state index is 12.1. The molecule has 22 heavy (non-hydrogen) atoms. The first kappa shape index (κ1) is 16.7. The van der Waals surface area contributed by atoms with Crippen molar-refractivity contribution in [3.63, 3.8) is 0 Å². The van der Waals surface area contributed by atoms with E-state index in [0.29, 0.717) is 18.3 Å². The molecule has 0 radical (unpaired) electrons. The summed E-state index contributed by atoms with van der Waals surface area (Å²) in [5.74, 6) is 0.991. The van der Waals surface area contributed by atoms with Gasteiger partial charge in [0.25, 0.3) is 0 Å². The average molecular weight is 309 g/mol. The van der Waals surface area contributed by atoms with E-state index < -0.39 is 0 Å². The van der Waals surface area contributed by atoms with Crippen LogP contribution >= 0.6 is 0 Å². The van der Waals surface area contributed by atoms with E-state index in [-0.39, 0.29) is 17.6 Å². The van der Waals surface area contributed by atoms with Gasteiger partial charge in [0.2, 0.25) is 5.89 Å². The summed E-state index contributed by atoms with van der Waals surface area (Å²) >= 11 is 0. The zero-order valence-corrected chi connectivity index (χ0v) is 14.0. The zero-order valence-electron chi connectivity index (χ0n) is 14.0. The highest BCUT2D eigenvalue weighted by molar-refractivity contribution is 5.74. The number of nitrogens with zero attached hydrogens (tertiary/aromatic N) is 3. The highest BCUT2D eigenvalue weighted by Gasteiger charge is 2.34. The number of carbonyl (C=O) groups excluding carboxylic acids is 1. The molecule has 124 valence electrons. The quantitative estimate of drug-likeness (QED) is 0.869. The Morgan fingerprint density at radius 3 is 2.59 bits per heavy atom. The molecule has 1 heterocycles. The van der Waals surface area contributed by atoms with Crippen molar-refractivity contribution in [2.45, 2.75) is 57.5 Å². The lowest BCUT2D eigenvalue weighted by atomic mass is 9.80. The van der Waals surface area contributed by atoms with Crippen molar-refractivity contribution in [1.29, 1.82) is 0 Å². The number of carbonyl (C=O) groups is 1. The third-order valence-corrected chi connectivity index (χ3v) is 4.57. The van der Waals surface area contributed by atoms with Crippen molar-refractivity contribution in [3.05, 3.63) is 11.7 Å². The second kappa shape index (κ2) is 7.09. The van der Waals surface area contributed by atoms with Gasteiger partial charge < -0.3 is 20.1 Å². The summed E-state index contributed by atoms with van der Waals surface area (Å²) in [5.41, 5.74) is 0.0693. The summed E-state index contributed by atoms with van der Waals surface area (Å²) in [6.07, 6.45) is 5.98. The van der Waals surface area contributed by atoms with Gasteiger partial charge in [0.15, 0.2) is 5.82 Å². The van der Waals surface area contributed by atoms with Crippen molar-refractivity contribution in [2.75, 3.05) is 20.6 Å². The van der Waals surface area contributed by atoms with Gasteiger partial charge >= 0.3 is 6.03 Å². The summed E-state index contributed by atoms with van der Waals surface area (Å²) in [6.45, 7) is 4.24. The van der Waals surface area contributed by atoms with Crippen LogP contribution in [0.5, 0.6) is 0 Å². The summed E-state index contributed by atoms with van der Waals surface area (Å²) in [5, 5.41) is 9.58. The van der Waals surface area contributed by atoms with Crippen molar-refractivity contribution < 1.29 is 9.32 Å². The lowest BCUT2D eigenvalue weighted by Crippen LogP contribution is -2.55. The number of aromatic nitrogens is 2. The van der Waals surface area contributed by atoms with E-state index in [4.69, 9.17) is 4.52 Å².